The Bertz CT molecular complexity index is 707. The van der Waals surface area contributed by atoms with Crippen LogP contribution in [0.25, 0.3) is 0 Å². The molecular formula is C19H23ClFN3O2S. The van der Waals surface area contributed by atoms with Gasteiger partial charge in [0.05, 0.1) is 35.3 Å². The van der Waals surface area contributed by atoms with Gasteiger partial charge in [0.2, 0.25) is 0 Å². The number of thioether (sulfide) groups is 1. The van der Waals surface area contributed by atoms with Crippen molar-refractivity contribution < 1.29 is 13.9 Å². The van der Waals surface area contributed by atoms with Gasteiger partial charge in [-0.2, -0.15) is 0 Å². The van der Waals surface area contributed by atoms with Crippen LogP contribution in [0.4, 0.5) is 4.39 Å². The second-order valence-corrected chi connectivity index (χ2v) is 8.80. The maximum atomic E-state index is 13.9. The lowest BCUT2D eigenvalue weighted by Gasteiger charge is -2.30. The van der Waals surface area contributed by atoms with Crippen molar-refractivity contribution in [3.05, 3.63) is 34.6 Å². The molecule has 3 aliphatic rings. The van der Waals surface area contributed by atoms with Crippen LogP contribution in [-0.2, 0) is 4.74 Å². The van der Waals surface area contributed by atoms with Crippen LogP contribution in [0.3, 0.4) is 0 Å². The molecule has 4 rings (SSSR count). The van der Waals surface area contributed by atoms with Crippen LogP contribution in [0.15, 0.2) is 23.2 Å². The van der Waals surface area contributed by atoms with Crippen molar-refractivity contribution in [3.8, 4) is 0 Å². The first-order chi connectivity index (χ1) is 13.1. The normalized spacial score (nSPS) is 32.9. The van der Waals surface area contributed by atoms with Gasteiger partial charge in [0.1, 0.15) is 12.0 Å². The van der Waals surface area contributed by atoms with E-state index < -0.39 is 11.7 Å². The molecule has 5 unspecified atom stereocenters. The largest absolute Gasteiger partial charge is 0.358 e. The van der Waals surface area contributed by atoms with Gasteiger partial charge in [-0.1, -0.05) is 17.7 Å². The number of hydrogen-bond donors (Lipinski definition) is 2. The van der Waals surface area contributed by atoms with Crippen molar-refractivity contribution in [3.63, 3.8) is 0 Å². The van der Waals surface area contributed by atoms with Crippen LogP contribution < -0.4 is 10.6 Å². The Kier molecular flexibility index (Phi) is 6.02. The molecule has 1 saturated heterocycles. The standard InChI is InChI=1S/C19H23ClFN3O2S/c20-13-4-2-5-14(21)18(13)19(25)23-9-17-24-11-3-1-6-15(26-17)12(7-11)16-8-22-10-27-16/h2,4-5,10-12,15-17,24H,1,3,6-9H2,(H,23,25). The topological polar surface area (TPSA) is 62.7 Å². The fourth-order valence-corrected chi connectivity index (χ4v) is 5.48. The SMILES string of the molecule is O=C(NCC1NC2CCCC(O1)C(C1CN=CS1)C2)c1c(F)cccc1Cl. The molecule has 1 saturated carbocycles. The van der Waals surface area contributed by atoms with E-state index in [4.69, 9.17) is 16.3 Å². The summed E-state index contributed by atoms with van der Waals surface area (Å²) in [5.41, 5.74) is 1.83. The first-order valence-corrected chi connectivity index (χ1v) is 10.7. The highest BCUT2D eigenvalue weighted by atomic mass is 35.5. The van der Waals surface area contributed by atoms with Gasteiger partial charge in [0.15, 0.2) is 0 Å². The predicted octanol–water partition coefficient (Wildman–Crippen LogP) is 3.23. The summed E-state index contributed by atoms with van der Waals surface area (Å²) in [7, 11) is 0. The van der Waals surface area contributed by atoms with Gasteiger partial charge in [0, 0.05) is 17.2 Å². The molecule has 2 heterocycles. The summed E-state index contributed by atoms with van der Waals surface area (Å²) in [5, 5.41) is 6.88. The van der Waals surface area contributed by atoms with Crippen LogP contribution >= 0.6 is 23.4 Å². The van der Waals surface area contributed by atoms with Gasteiger partial charge in [-0.3, -0.25) is 15.1 Å². The molecule has 5 atom stereocenters. The number of fused-ring (bicyclic) bond motifs is 3. The molecule has 0 aromatic heterocycles. The van der Waals surface area contributed by atoms with Crippen molar-refractivity contribution in [2.24, 2.45) is 10.9 Å². The van der Waals surface area contributed by atoms with Crippen LogP contribution in [0.1, 0.15) is 36.0 Å². The Labute approximate surface area is 167 Å². The Morgan fingerprint density at radius 3 is 3.11 bits per heavy atom. The maximum absolute atomic E-state index is 13.9. The number of nitrogens with one attached hydrogen (secondary N) is 2. The lowest BCUT2D eigenvalue weighted by atomic mass is 9.92. The molecule has 1 aromatic rings. The van der Waals surface area contributed by atoms with Crippen LogP contribution in [0.2, 0.25) is 5.02 Å². The highest BCUT2D eigenvalue weighted by Crippen LogP contribution is 2.37. The average Bonchev–Trinajstić information content (AvgIpc) is 3.01. The van der Waals surface area contributed by atoms with Gasteiger partial charge in [-0.15, -0.1) is 11.8 Å². The Hall–Kier alpha value is -1.15. The quantitative estimate of drug-likeness (QED) is 0.798. The maximum Gasteiger partial charge on any atom is 0.255 e. The summed E-state index contributed by atoms with van der Waals surface area (Å²) < 4.78 is 20.3. The number of aliphatic imine (C=N–C) groups is 1. The highest BCUT2D eigenvalue weighted by molar-refractivity contribution is 8.12. The van der Waals surface area contributed by atoms with Crippen molar-refractivity contribution >= 4 is 34.8 Å². The molecule has 2 N–H and O–H groups in total. The number of amides is 1. The summed E-state index contributed by atoms with van der Waals surface area (Å²) in [5.74, 6) is -0.682. The minimum atomic E-state index is -0.620. The minimum Gasteiger partial charge on any atom is -0.358 e. The summed E-state index contributed by atoms with van der Waals surface area (Å²) in [4.78, 5) is 16.8. The molecule has 27 heavy (non-hydrogen) atoms. The molecular weight excluding hydrogens is 389 g/mol. The van der Waals surface area contributed by atoms with E-state index in [1.807, 2.05) is 5.55 Å². The first-order valence-electron chi connectivity index (χ1n) is 9.39. The number of carbonyl (C=O) groups is 1. The fourth-order valence-electron chi connectivity index (χ4n) is 4.25. The van der Waals surface area contributed by atoms with Crippen molar-refractivity contribution in [1.82, 2.24) is 10.6 Å². The third-order valence-corrected chi connectivity index (χ3v) is 6.98. The smallest absolute Gasteiger partial charge is 0.255 e. The monoisotopic (exact) mass is 411 g/mol. The summed E-state index contributed by atoms with van der Waals surface area (Å²) in [6, 6.07) is 4.59. The molecule has 0 radical (unpaired) electrons. The van der Waals surface area contributed by atoms with Gasteiger partial charge < -0.3 is 10.1 Å². The molecule has 2 fully saturated rings. The average molecular weight is 412 g/mol. The summed E-state index contributed by atoms with van der Waals surface area (Å²) >= 11 is 7.78. The third-order valence-electron chi connectivity index (χ3n) is 5.55. The number of hydrogen-bond acceptors (Lipinski definition) is 5. The third kappa shape index (κ3) is 4.31. The van der Waals surface area contributed by atoms with Gasteiger partial charge >= 0.3 is 0 Å². The van der Waals surface area contributed by atoms with Crippen LogP contribution in [0.5, 0.6) is 0 Å². The Morgan fingerprint density at radius 1 is 1.44 bits per heavy atom. The molecule has 146 valence electrons. The number of carbonyl (C=O) groups excluding carboxylic acids is 1. The lowest BCUT2D eigenvalue weighted by Crippen LogP contribution is -2.47. The molecule has 8 heteroatoms. The molecule has 2 aliphatic heterocycles. The van der Waals surface area contributed by atoms with Gasteiger partial charge in [-0.25, -0.2) is 4.39 Å². The van der Waals surface area contributed by atoms with E-state index in [-0.39, 0.29) is 29.5 Å². The van der Waals surface area contributed by atoms with E-state index in [9.17, 15) is 9.18 Å². The number of ether oxygens (including phenoxy) is 1. The van der Waals surface area contributed by atoms with E-state index in [0.717, 1.165) is 32.2 Å². The second-order valence-electron chi connectivity index (χ2n) is 7.31. The lowest BCUT2D eigenvalue weighted by molar-refractivity contribution is -0.0498. The number of nitrogens with zero attached hydrogens (tertiary/aromatic N) is 1. The van der Waals surface area contributed by atoms with Crippen LogP contribution in [0, 0.1) is 11.7 Å². The minimum absolute atomic E-state index is 0.109. The fraction of sp³-hybridized carbons (Fsp3) is 0.579. The molecule has 1 aromatic carbocycles. The number of rotatable bonds is 4. The first kappa shape index (κ1) is 19.2. The second kappa shape index (κ2) is 8.47. The molecule has 0 spiro atoms. The predicted molar refractivity (Wildman–Crippen MR) is 106 cm³/mol. The summed E-state index contributed by atoms with van der Waals surface area (Å²) in [6.07, 6.45) is 4.22. The number of halogens is 2. The van der Waals surface area contributed by atoms with E-state index in [1.54, 1.807) is 11.8 Å². The van der Waals surface area contributed by atoms with Crippen LogP contribution in [-0.4, -0.2) is 48.2 Å². The molecule has 2 bridgehead atoms. The van der Waals surface area contributed by atoms with E-state index in [0.29, 0.717) is 17.2 Å². The van der Waals surface area contributed by atoms with E-state index >= 15 is 0 Å². The van der Waals surface area contributed by atoms with Crippen molar-refractivity contribution in [2.75, 3.05) is 13.1 Å². The Balaban J connectivity index is 1.40. The zero-order valence-corrected chi connectivity index (χ0v) is 16.4. The summed E-state index contributed by atoms with van der Waals surface area (Å²) in [6.45, 7) is 1.13. The van der Waals surface area contributed by atoms with Crippen molar-refractivity contribution in [1.29, 1.82) is 0 Å². The zero-order chi connectivity index (χ0) is 18.8. The van der Waals surface area contributed by atoms with E-state index in [1.165, 1.54) is 18.2 Å². The van der Waals surface area contributed by atoms with Gasteiger partial charge in [-0.05, 0) is 37.8 Å². The molecule has 1 amide bonds. The number of benzene rings is 1. The van der Waals surface area contributed by atoms with Crippen molar-refractivity contribution in [2.45, 2.75) is 49.3 Å². The molecule has 5 nitrogen and oxygen atoms in total. The van der Waals surface area contributed by atoms with E-state index in [2.05, 4.69) is 15.6 Å². The van der Waals surface area contributed by atoms with Gasteiger partial charge in [0.25, 0.3) is 5.91 Å². The highest BCUT2D eigenvalue weighted by Gasteiger charge is 2.40. The zero-order valence-electron chi connectivity index (χ0n) is 14.9. The molecule has 1 aliphatic carbocycles. The Morgan fingerprint density at radius 2 is 2.33 bits per heavy atom.